The van der Waals surface area contributed by atoms with E-state index in [0.717, 1.165) is 23.6 Å². The Bertz CT molecular complexity index is 771. The second kappa shape index (κ2) is 6.15. The number of ether oxygens (including phenoxy) is 2. The third kappa shape index (κ3) is 3.20. The number of hydrogen-bond acceptors (Lipinski definition) is 5. The van der Waals surface area contributed by atoms with Gasteiger partial charge in [-0.15, -0.1) is 0 Å². The van der Waals surface area contributed by atoms with E-state index < -0.39 is 0 Å². The zero-order chi connectivity index (χ0) is 17.3. The quantitative estimate of drug-likeness (QED) is 0.867. The van der Waals surface area contributed by atoms with Crippen molar-refractivity contribution in [1.29, 1.82) is 0 Å². The Hall–Kier alpha value is -2.56. The molecule has 0 saturated heterocycles. The summed E-state index contributed by atoms with van der Waals surface area (Å²) in [7, 11) is 1.37. The van der Waals surface area contributed by atoms with E-state index in [0.29, 0.717) is 11.3 Å². The number of methoxy groups -OCH3 is 1. The van der Waals surface area contributed by atoms with Gasteiger partial charge >= 0.3 is 5.97 Å². The highest BCUT2D eigenvalue weighted by atomic mass is 16.5. The average molecular weight is 326 g/mol. The van der Waals surface area contributed by atoms with Crippen LogP contribution >= 0.6 is 0 Å². The number of carbonyl (C=O) groups is 1. The summed E-state index contributed by atoms with van der Waals surface area (Å²) in [6.45, 7) is 5.96. The van der Waals surface area contributed by atoms with E-state index in [9.17, 15) is 4.79 Å². The van der Waals surface area contributed by atoms with Crippen LogP contribution in [0.3, 0.4) is 0 Å². The molecule has 0 saturated carbocycles. The first kappa shape index (κ1) is 16.3. The van der Waals surface area contributed by atoms with Crippen LogP contribution < -0.4 is 10.1 Å². The van der Waals surface area contributed by atoms with Crippen LogP contribution in [0.1, 0.15) is 47.9 Å². The van der Waals surface area contributed by atoms with E-state index in [2.05, 4.69) is 30.2 Å². The number of aryl methyl sites for hydroxylation is 1. The molecule has 0 radical (unpaired) electrons. The van der Waals surface area contributed by atoms with Crippen molar-refractivity contribution in [2.75, 3.05) is 12.4 Å². The summed E-state index contributed by atoms with van der Waals surface area (Å²) in [5.74, 6) is 1.26. The molecule has 126 valence electrons. The lowest BCUT2D eigenvalue weighted by Crippen LogP contribution is -2.37. The number of pyridine rings is 1. The fourth-order valence-electron chi connectivity index (χ4n) is 3.08. The van der Waals surface area contributed by atoms with E-state index in [4.69, 9.17) is 9.47 Å². The number of esters is 1. The fraction of sp³-hybridized carbons (Fsp3) is 0.368. The van der Waals surface area contributed by atoms with Gasteiger partial charge in [0.05, 0.1) is 24.4 Å². The van der Waals surface area contributed by atoms with Gasteiger partial charge in [-0.25, -0.2) is 9.78 Å². The molecule has 3 rings (SSSR count). The van der Waals surface area contributed by atoms with Gasteiger partial charge in [0.1, 0.15) is 17.2 Å². The van der Waals surface area contributed by atoms with Gasteiger partial charge in [-0.3, -0.25) is 0 Å². The van der Waals surface area contributed by atoms with Crippen molar-refractivity contribution in [2.45, 2.75) is 38.8 Å². The number of hydrogen-bond donors (Lipinski definition) is 1. The van der Waals surface area contributed by atoms with Crippen molar-refractivity contribution in [1.82, 2.24) is 4.98 Å². The number of nitrogens with zero attached hydrogens (tertiary/aromatic N) is 1. The lowest BCUT2D eigenvalue weighted by Gasteiger charge is -2.38. The highest BCUT2D eigenvalue weighted by Crippen LogP contribution is 2.40. The molecule has 2 aromatic rings. The van der Waals surface area contributed by atoms with E-state index in [1.165, 1.54) is 7.11 Å². The topological polar surface area (TPSA) is 60.5 Å². The number of benzene rings is 1. The summed E-state index contributed by atoms with van der Waals surface area (Å²) in [5.41, 5.74) is 1.99. The normalized spacial score (nSPS) is 18.2. The summed E-state index contributed by atoms with van der Waals surface area (Å²) in [6.07, 6.45) is 0.823. The van der Waals surface area contributed by atoms with Crippen molar-refractivity contribution >= 4 is 11.8 Å². The number of carbonyl (C=O) groups excluding carboxylic acids is 1. The summed E-state index contributed by atoms with van der Waals surface area (Å²) < 4.78 is 10.8. The number of anilines is 1. The number of nitrogens with one attached hydrogen (secondary N) is 1. The van der Waals surface area contributed by atoms with Crippen molar-refractivity contribution in [3.63, 3.8) is 0 Å². The van der Waals surface area contributed by atoms with Crippen LogP contribution in [0.15, 0.2) is 36.4 Å². The minimum absolute atomic E-state index is 0.0980. The summed E-state index contributed by atoms with van der Waals surface area (Å²) in [5, 5.41) is 3.47. The van der Waals surface area contributed by atoms with Gasteiger partial charge in [0, 0.05) is 12.0 Å². The average Bonchev–Trinajstić information content (AvgIpc) is 2.53. The van der Waals surface area contributed by atoms with E-state index in [1.54, 1.807) is 13.0 Å². The molecule has 24 heavy (non-hydrogen) atoms. The largest absolute Gasteiger partial charge is 0.487 e. The highest BCUT2D eigenvalue weighted by molar-refractivity contribution is 5.90. The minimum atomic E-state index is -0.371. The van der Waals surface area contributed by atoms with Gasteiger partial charge < -0.3 is 14.8 Å². The maximum atomic E-state index is 11.7. The lowest BCUT2D eigenvalue weighted by molar-refractivity contribution is 0.0599. The van der Waals surface area contributed by atoms with Gasteiger partial charge in [-0.1, -0.05) is 18.2 Å². The Morgan fingerprint density at radius 3 is 2.75 bits per heavy atom. The van der Waals surface area contributed by atoms with E-state index >= 15 is 0 Å². The molecule has 0 spiro atoms. The molecule has 1 aliphatic heterocycles. The molecule has 0 amide bonds. The van der Waals surface area contributed by atoms with Crippen LogP contribution in [-0.4, -0.2) is 23.7 Å². The van der Waals surface area contributed by atoms with Crippen LogP contribution in [0.4, 0.5) is 5.82 Å². The molecule has 1 unspecified atom stereocenters. The molecular formula is C19H22N2O3. The number of aromatic nitrogens is 1. The number of rotatable bonds is 3. The second-order valence-electron chi connectivity index (χ2n) is 6.62. The Balaban J connectivity index is 1.88. The SMILES string of the molecule is COC(=O)c1ccc(NC2CC(C)(C)Oc3ccccc32)nc1C. The first-order chi connectivity index (χ1) is 11.4. The molecule has 1 aromatic heterocycles. The summed E-state index contributed by atoms with van der Waals surface area (Å²) >= 11 is 0. The van der Waals surface area contributed by atoms with E-state index in [1.807, 2.05) is 24.3 Å². The molecular weight excluding hydrogens is 304 g/mol. The fourth-order valence-corrected chi connectivity index (χ4v) is 3.08. The van der Waals surface area contributed by atoms with Crippen LogP contribution in [0.2, 0.25) is 0 Å². The molecule has 5 nitrogen and oxygen atoms in total. The Labute approximate surface area is 142 Å². The Kier molecular flexibility index (Phi) is 4.18. The molecule has 5 heteroatoms. The van der Waals surface area contributed by atoms with Crippen LogP contribution in [-0.2, 0) is 4.74 Å². The third-order valence-electron chi connectivity index (χ3n) is 4.19. The monoisotopic (exact) mass is 326 g/mol. The van der Waals surface area contributed by atoms with Crippen molar-refractivity contribution < 1.29 is 14.3 Å². The van der Waals surface area contributed by atoms with Gasteiger partial charge in [0.25, 0.3) is 0 Å². The van der Waals surface area contributed by atoms with Crippen LogP contribution in [0, 0.1) is 6.92 Å². The first-order valence-corrected chi connectivity index (χ1v) is 8.00. The van der Waals surface area contributed by atoms with Crippen molar-refractivity contribution in [3.05, 3.63) is 53.2 Å². The maximum absolute atomic E-state index is 11.7. The second-order valence-corrected chi connectivity index (χ2v) is 6.62. The molecule has 0 aliphatic carbocycles. The zero-order valence-corrected chi connectivity index (χ0v) is 14.4. The van der Waals surface area contributed by atoms with Crippen molar-refractivity contribution in [2.24, 2.45) is 0 Å². The summed E-state index contributed by atoms with van der Waals surface area (Å²) in [4.78, 5) is 16.2. The van der Waals surface area contributed by atoms with Gasteiger partial charge in [0.2, 0.25) is 0 Å². The van der Waals surface area contributed by atoms with Gasteiger partial charge in [-0.2, -0.15) is 0 Å². The molecule has 0 fully saturated rings. The predicted molar refractivity (Wildman–Crippen MR) is 92.4 cm³/mol. The van der Waals surface area contributed by atoms with Gasteiger partial charge in [0.15, 0.2) is 0 Å². The maximum Gasteiger partial charge on any atom is 0.339 e. The number of para-hydroxylation sites is 1. The Morgan fingerprint density at radius 1 is 1.29 bits per heavy atom. The number of fused-ring (bicyclic) bond motifs is 1. The first-order valence-electron chi connectivity index (χ1n) is 8.00. The molecule has 1 atom stereocenters. The zero-order valence-electron chi connectivity index (χ0n) is 14.4. The lowest BCUT2D eigenvalue weighted by atomic mass is 9.89. The van der Waals surface area contributed by atoms with Crippen molar-refractivity contribution in [3.8, 4) is 5.75 Å². The highest BCUT2D eigenvalue weighted by Gasteiger charge is 2.33. The molecule has 1 aromatic carbocycles. The standard InChI is InChI=1S/C19H22N2O3/c1-12-13(18(22)23-4)9-10-17(20-12)21-15-11-19(2,3)24-16-8-6-5-7-14(15)16/h5-10,15H,11H2,1-4H3,(H,20,21). The Morgan fingerprint density at radius 2 is 2.04 bits per heavy atom. The predicted octanol–water partition coefficient (Wildman–Crippen LogP) is 3.89. The smallest absolute Gasteiger partial charge is 0.339 e. The molecule has 1 aliphatic rings. The minimum Gasteiger partial charge on any atom is -0.487 e. The summed E-state index contributed by atoms with van der Waals surface area (Å²) in [6, 6.07) is 11.7. The molecule has 1 N–H and O–H groups in total. The third-order valence-corrected chi connectivity index (χ3v) is 4.19. The molecule has 2 heterocycles. The van der Waals surface area contributed by atoms with Crippen LogP contribution in [0.25, 0.3) is 0 Å². The van der Waals surface area contributed by atoms with Gasteiger partial charge in [-0.05, 0) is 39.0 Å². The van der Waals surface area contributed by atoms with Crippen LogP contribution in [0.5, 0.6) is 5.75 Å². The molecule has 0 bridgehead atoms. The van der Waals surface area contributed by atoms with E-state index in [-0.39, 0.29) is 17.6 Å².